The van der Waals surface area contributed by atoms with Gasteiger partial charge in [-0.25, -0.2) is 0 Å². The molecule has 0 saturated heterocycles. The number of allylic oxidation sites excluding steroid dienone is 16. The van der Waals surface area contributed by atoms with E-state index in [1.807, 2.05) is 0 Å². The number of quaternary nitrogens is 1. The number of esters is 2. The molecule has 0 aliphatic rings. The zero-order valence-corrected chi connectivity index (χ0v) is 38.6. The van der Waals surface area contributed by atoms with Crippen LogP contribution in [0, 0.1) is 0 Å². The number of hydrogen-bond acceptors (Lipinski definition) is 7. The number of unbranched alkanes of at least 4 members (excludes halogenated alkanes) is 10. The smallest absolute Gasteiger partial charge is 0.306 e. The van der Waals surface area contributed by atoms with Crippen LogP contribution in [0.5, 0.6) is 0 Å². The van der Waals surface area contributed by atoms with Crippen molar-refractivity contribution in [2.45, 2.75) is 174 Å². The highest BCUT2D eigenvalue weighted by Crippen LogP contribution is 2.13. The van der Waals surface area contributed by atoms with Gasteiger partial charge in [0.2, 0.25) is 0 Å². The van der Waals surface area contributed by atoms with Gasteiger partial charge in [-0.1, -0.05) is 150 Å². The second-order valence-electron chi connectivity index (χ2n) is 16.2. The first-order valence-corrected chi connectivity index (χ1v) is 23.3. The Morgan fingerprint density at radius 3 is 1.32 bits per heavy atom. The average molecular weight is 836 g/mol. The van der Waals surface area contributed by atoms with E-state index in [0.717, 1.165) is 96.3 Å². The predicted molar refractivity (Wildman–Crippen MR) is 249 cm³/mol. The maximum absolute atomic E-state index is 12.7. The Morgan fingerprint density at radius 1 is 0.500 bits per heavy atom. The lowest BCUT2D eigenvalue weighted by Crippen LogP contribution is -2.55. The molecule has 0 aliphatic carbocycles. The average Bonchev–Trinajstić information content (AvgIpc) is 3.21. The van der Waals surface area contributed by atoms with Crippen molar-refractivity contribution in [3.8, 4) is 0 Å². The van der Waals surface area contributed by atoms with Gasteiger partial charge < -0.3 is 28.6 Å². The monoisotopic (exact) mass is 836 g/mol. The van der Waals surface area contributed by atoms with Crippen LogP contribution >= 0.6 is 0 Å². The molecule has 8 heteroatoms. The molecule has 8 nitrogen and oxygen atoms in total. The lowest BCUT2D eigenvalue weighted by atomic mass is 10.1. The van der Waals surface area contributed by atoms with E-state index >= 15 is 0 Å². The highest BCUT2D eigenvalue weighted by molar-refractivity contribution is 5.70. The van der Waals surface area contributed by atoms with E-state index in [9.17, 15) is 19.5 Å². The molecule has 0 N–H and O–H groups in total. The summed E-state index contributed by atoms with van der Waals surface area (Å²) in [4.78, 5) is 36.9. The molecule has 0 rings (SSSR count). The Labute approximate surface area is 366 Å². The minimum Gasteiger partial charge on any atom is -0.544 e. The summed E-state index contributed by atoms with van der Waals surface area (Å²) in [6, 6.07) is -0.739. The Bertz CT molecular complexity index is 1300. The first kappa shape index (κ1) is 56.2. The summed E-state index contributed by atoms with van der Waals surface area (Å²) in [7, 11) is 5.38. The Balaban J connectivity index is 4.41. The van der Waals surface area contributed by atoms with Crippen LogP contribution in [0.25, 0.3) is 0 Å². The Kier molecular flexibility index (Phi) is 39.3. The topological polar surface area (TPSA) is 102 Å². The van der Waals surface area contributed by atoms with E-state index in [1.54, 1.807) is 21.1 Å². The number of ether oxygens (including phenoxy) is 3. The van der Waals surface area contributed by atoms with E-state index in [1.165, 1.54) is 25.7 Å². The van der Waals surface area contributed by atoms with Crippen LogP contribution in [0.3, 0.4) is 0 Å². The van der Waals surface area contributed by atoms with Gasteiger partial charge >= 0.3 is 11.9 Å². The number of likely N-dealkylation sites (N-methyl/N-ethyl adjacent to an activating group) is 1. The molecule has 0 heterocycles. The van der Waals surface area contributed by atoms with Gasteiger partial charge in [-0.2, -0.15) is 0 Å². The van der Waals surface area contributed by atoms with Crippen LogP contribution in [0.4, 0.5) is 0 Å². The SMILES string of the molecule is CC/C=C/C/C=C/C/C=C/C/C=C/C/C=C/C/C=C/CCCCCC(=O)OC(COCCC(C(=O)[O-])[N+](C)(C)C)COC(=O)CCCCCCCCC/C=C/C/C=C/CC. The fourth-order valence-electron chi connectivity index (χ4n) is 6.17. The number of rotatable bonds is 40. The second kappa shape index (κ2) is 42.0. The highest BCUT2D eigenvalue weighted by atomic mass is 16.6. The molecule has 60 heavy (non-hydrogen) atoms. The molecule has 0 saturated carbocycles. The van der Waals surface area contributed by atoms with Crippen LogP contribution in [0.15, 0.2) is 97.2 Å². The number of carbonyl (C=O) groups is 3. The first-order valence-electron chi connectivity index (χ1n) is 23.3. The molecule has 0 radical (unpaired) electrons. The number of hydrogen-bond donors (Lipinski definition) is 0. The molecule has 0 aromatic rings. The first-order chi connectivity index (χ1) is 29.1. The van der Waals surface area contributed by atoms with Crippen LogP contribution in [0.2, 0.25) is 0 Å². The summed E-state index contributed by atoms with van der Waals surface area (Å²) in [5, 5.41) is 11.6. The normalized spacial score (nSPS) is 13.8. The molecule has 2 atom stereocenters. The molecule has 0 aliphatic heterocycles. The molecule has 0 amide bonds. The second-order valence-corrected chi connectivity index (χ2v) is 16.2. The third kappa shape index (κ3) is 39.7. The summed E-state index contributed by atoms with van der Waals surface area (Å²) in [6.07, 6.45) is 55.8. The van der Waals surface area contributed by atoms with Crippen molar-refractivity contribution in [1.82, 2.24) is 0 Å². The van der Waals surface area contributed by atoms with Crippen molar-refractivity contribution in [2.24, 2.45) is 0 Å². The predicted octanol–water partition coefficient (Wildman–Crippen LogP) is 11.7. The Hall–Kier alpha value is -3.75. The number of carboxylic acids is 1. The summed E-state index contributed by atoms with van der Waals surface area (Å²) < 4.78 is 17.1. The zero-order chi connectivity index (χ0) is 44.2. The number of carboxylic acid groups (broad SMARTS) is 1. The van der Waals surface area contributed by atoms with Gasteiger partial charge in [-0.15, -0.1) is 0 Å². The Morgan fingerprint density at radius 2 is 0.883 bits per heavy atom. The van der Waals surface area contributed by atoms with Gasteiger partial charge in [0, 0.05) is 19.3 Å². The number of nitrogens with zero attached hydrogens (tertiary/aromatic N) is 1. The van der Waals surface area contributed by atoms with E-state index in [-0.39, 0.29) is 49.1 Å². The molecular formula is C52H85NO7. The highest BCUT2D eigenvalue weighted by Gasteiger charge is 2.25. The maximum Gasteiger partial charge on any atom is 0.306 e. The largest absolute Gasteiger partial charge is 0.544 e. The van der Waals surface area contributed by atoms with Gasteiger partial charge in [0.15, 0.2) is 6.10 Å². The molecule has 0 aromatic heterocycles. The van der Waals surface area contributed by atoms with Gasteiger partial charge in [0.05, 0.1) is 40.3 Å². The maximum atomic E-state index is 12.7. The van der Waals surface area contributed by atoms with Crippen molar-refractivity contribution in [2.75, 3.05) is 41.0 Å². The zero-order valence-electron chi connectivity index (χ0n) is 38.6. The fourth-order valence-corrected chi connectivity index (χ4v) is 6.17. The van der Waals surface area contributed by atoms with E-state index in [2.05, 4.69) is 111 Å². The van der Waals surface area contributed by atoms with Crippen LogP contribution < -0.4 is 5.11 Å². The van der Waals surface area contributed by atoms with E-state index < -0.39 is 18.1 Å². The number of carbonyl (C=O) groups excluding carboxylic acids is 3. The van der Waals surface area contributed by atoms with Crippen molar-refractivity contribution < 1.29 is 38.2 Å². The van der Waals surface area contributed by atoms with E-state index in [0.29, 0.717) is 12.8 Å². The molecule has 0 bridgehead atoms. The van der Waals surface area contributed by atoms with Gasteiger partial charge in [-0.05, 0) is 89.9 Å². The summed E-state index contributed by atoms with van der Waals surface area (Å²) >= 11 is 0. The third-order valence-corrected chi connectivity index (χ3v) is 9.72. The van der Waals surface area contributed by atoms with Gasteiger partial charge in [-0.3, -0.25) is 9.59 Å². The fraction of sp³-hybridized carbons (Fsp3) is 0.635. The number of aliphatic carboxylic acids is 1. The minimum atomic E-state index is -1.14. The van der Waals surface area contributed by atoms with Crippen LogP contribution in [-0.4, -0.2) is 75.5 Å². The lowest BCUT2D eigenvalue weighted by Gasteiger charge is -2.34. The van der Waals surface area contributed by atoms with E-state index in [4.69, 9.17) is 14.2 Å². The molecule has 0 fully saturated rings. The van der Waals surface area contributed by atoms with Crippen molar-refractivity contribution in [1.29, 1.82) is 0 Å². The van der Waals surface area contributed by atoms with Crippen LogP contribution in [0.1, 0.15) is 162 Å². The molecule has 0 aromatic carbocycles. The summed E-state index contributed by atoms with van der Waals surface area (Å²) in [5.74, 6) is -1.80. The molecule has 340 valence electrons. The lowest BCUT2D eigenvalue weighted by molar-refractivity contribution is -0.889. The molecule has 2 unspecified atom stereocenters. The van der Waals surface area contributed by atoms with Crippen LogP contribution in [-0.2, 0) is 28.6 Å². The standard InChI is InChI=1S/C52H85NO7/c1-6-8-10-12-14-16-18-20-22-23-24-25-26-27-28-29-31-33-35-37-39-41-43-51(55)60-48(46-58-45-44-49(52(56)57)53(3,4)5)47-59-50(54)42-40-38-36-34-32-30-21-19-17-15-13-11-9-7-2/h8-11,14-17,20,22,24-25,27-28,31,33,48-49H,6-7,12-13,18-19,21,23,26,29-30,32,34-47H2,1-5H3/b10-8+,11-9+,16-14+,17-15+,22-20+,25-24+,28-27+,33-31+. The van der Waals surface area contributed by atoms with Gasteiger partial charge in [0.25, 0.3) is 0 Å². The molecule has 0 spiro atoms. The van der Waals surface area contributed by atoms with Crippen molar-refractivity contribution in [3.63, 3.8) is 0 Å². The third-order valence-electron chi connectivity index (χ3n) is 9.72. The summed E-state index contributed by atoms with van der Waals surface area (Å²) in [5.41, 5.74) is 0. The molecular weight excluding hydrogens is 751 g/mol. The van der Waals surface area contributed by atoms with Gasteiger partial charge in [0.1, 0.15) is 12.6 Å². The summed E-state index contributed by atoms with van der Waals surface area (Å²) in [6.45, 7) is 4.38. The van der Waals surface area contributed by atoms with Crippen molar-refractivity contribution in [3.05, 3.63) is 97.2 Å². The quantitative estimate of drug-likeness (QED) is 0.0262. The van der Waals surface area contributed by atoms with Crippen molar-refractivity contribution >= 4 is 17.9 Å². The minimum absolute atomic E-state index is 0.0182.